The third kappa shape index (κ3) is 1.88. The number of hydrogen-bond acceptors (Lipinski definition) is 2. The van der Waals surface area contributed by atoms with Gasteiger partial charge in [-0.05, 0) is 43.5 Å². The van der Waals surface area contributed by atoms with Gasteiger partial charge in [-0.2, -0.15) is 0 Å². The second-order valence-corrected chi connectivity index (χ2v) is 5.26. The number of aromatic nitrogens is 1. The summed E-state index contributed by atoms with van der Waals surface area (Å²) >= 11 is 0. The van der Waals surface area contributed by atoms with Gasteiger partial charge in [0.15, 0.2) is 0 Å². The zero-order chi connectivity index (χ0) is 14.3. The zero-order valence-electron chi connectivity index (χ0n) is 11.8. The first kappa shape index (κ1) is 12.8. The largest absolute Gasteiger partial charge is 0.506 e. The first-order chi connectivity index (χ1) is 9.59. The zero-order valence-corrected chi connectivity index (χ0v) is 11.8. The van der Waals surface area contributed by atoms with Crippen LogP contribution in [0.25, 0.3) is 0 Å². The van der Waals surface area contributed by atoms with Gasteiger partial charge in [-0.15, -0.1) is 0 Å². The average Bonchev–Trinajstić information content (AvgIpc) is 2.78. The highest BCUT2D eigenvalue weighted by molar-refractivity contribution is 6.06. The molecule has 0 bridgehead atoms. The third-order valence-corrected chi connectivity index (χ3v) is 4.03. The lowest BCUT2D eigenvalue weighted by atomic mass is 10.0. The van der Waals surface area contributed by atoms with Crippen LogP contribution < -0.4 is 4.90 Å². The number of hydrogen-bond donors (Lipinski definition) is 1. The van der Waals surface area contributed by atoms with Crippen LogP contribution in [0.2, 0.25) is 0 Å². The van der Waals surface area contributed by atoms with E-state index in [1.165, 1.54) is 0 Å². The van der Waals surface area contributed by atoms with Crippen molar-refractivity contribution in [3.8, 4) is 5.75 Å². The van der Waals surface area contributed by atoms with E-state index in [0.29, 0.717) is 17.9 Å². The van der Waals surface area contributed by atoms with Gasteiger partial charge in [-0.1, -0.05) is 12.1 Å². The summed E-state index contributed by atoms with van der Waals surface area (Å²) in [7, 11) is 1.89. The van der Waals surface area contributed by atoms with Crippen molar-refractivity contribution in [3.05, 3.63) is 47.3 Å². The van der Waals surface area contributed by atoms with Crippen molar-refractivity contribution in [2.45, 2.75) is 19.8 Å². The summed E-state index contributed by atoms with van der Waals surface area (Å²) < 4.78 is 1.89. The maximum atomic E-state index is 12.7. The number of fused-ring (bicyclic) bond motifs is 1. The van der Waals surface area contributed by atoms with Crippen molar-refractivity contribution in [2.75, 3.05) is 11.4 Å². The van der Waals surface area contributed by atoms with Gasteiger partial charge in [-0.25, -0.2) is 0 Å². The summed E-state index contributed by atoms with van der Waals surface area (Å²) in [6.45, 7) is 2.62. The van der Waals surface area contributed by atoms with Crippen LogP contribution in [0.3, 0.4) is 0 Å². The molecule has 1 amide bonds. The number of phenolic OH excluding ortho intramolecular Hbond substituents is 1. The minimum absolute atomic E-state index is 0.0527. The molecule has 20 heavy (non-hydrogen) atoms. The van der Waals surface area contributed by atoms with Gasteiger partial charge in [0.25, 0.3) is 5.91 Å². The molecule has 0 radical (unpaired) electrons. The molecule has 1 aliphatic heterocycles. The standard InChI is InChI=1S/C16H18N2O2/c1-11-8-9-13(17(11)2)16(20)18-10-4-6-12-5-3-7-14(19)15(12)18/h3,5,7-9,19H,4,6,10H2,1-2H3. The quantitative estimate of drug-likeness (QED) is 0.865. The number of para-hydroxylation sites is 1. The lowest BCUT2D eigenvalue weighted by Crippen LogP contribution is -2.36. The molecule has 0 unspecified atom stereocenters. The Morgan fingerprint density at radius 3 is 2.75 bits per heavy atom. The van der Waals surface area contributed by atoms with E-state index in [2.05, 4.69) is 0 Å². The van der Waals surface area contributed by atoms with Crippen molar-refractivity contribution in [1.82, 2.24) is 4.57 Å². The maximum Gasteiger partial charge on any atom is 0.275 e. The van der Waals surface area contributed by atoms with E-state index in [-0.39, 0.29) is 11.7 Å². The smallest absolute Gasteiger partial charge is 0.275 e. The summed E-state index contributed by atoms with van der Waals surface area (Å²) in [5, 5.41) is 10.1. The normalized spacial score (nSPS) is 14.2. The Hall–Kier alpha value is -2.23. The van der Waals surface area contributed by atoms with Crippen LogP contribution in [-0.2, 0) is 13.5 Å². The van der Waals surface area contributed by atoms with Crippen molar-refractivity contribution in [1.29, 1.82) is 0 Å². The Balaban J connectivity index is 2.05. The molecule has 3 rings (SSSR count). The number of aromatic hydroxyl groups is 1. The summed E-state index contributed by atoms with van der Waals surface area (Å²) in [4.78, 5) is 14.4. The Labute approximate surface area is 118 Å². The monoisotopic (exact) mass is 270 g/mol. The molecule has 0 fully saturated rings. The molecule has 0 spiro atoms. The summed E-state index contributed by atoms with van der Waals surface area (Å²) in [5.74, 6) is 0.129. The number of anilines is 1. The fraction of sp³-hybridized carbons (Fsp3) is 0.312. The van der Waals surface area contributed by atoms with E-state index in [1.807, 2.05) is 42.8 Å². The Morgan fingerprint density at radius 1 is 1.25 bits per heavy atom. The first-order valence-corrected chi connectivity index (χ1v) is 6.84. The maximum absolute atomic E-state index is 12.7. The molecular weight excluding hydrogens is 252 g/mol. The number of carbonyl (C=O) groups is 1. The van der Waals surface area contributed by atoms with Crippen LogP contribution >= 0.6 is 0 Å². The van der Waals surface area contributed by atoms with E-state index in [0.717, 1.165) is 24.1 Å². The second kappa shape index (κ2) is 4.71. The molecule has 1 aliphatic rings. The van der Waals surface area contributed by atoms with Gasteiger partial charge < -0.3 is 14.6 Å². The molecule has 2 aromatic rings. The molecule has 4 nitrogen and oxygen atoms in total. The molecule has 0 atom stereocenters. The molecule has 104 valence electrons. The average molecular weight is 270 g/mol. The predicted molar refractivity (Wildman–Crippen MR) is 78.3 cm³/mol. The minimum Gasteiger partial charge on any atom is -0.506 e. The number of benzene rings is 1. The van der Waals surface area contributed by atoms with E-state index in [1.54, 1.807) is 11.0 Å². The number of phenols is 1. The topological polar surface area (TPSA) is 45.5 Å². The van der Waals surface area contributed by atoms with E-state index in [9.17, 15) is 9.90 Å². The van der Waals surface area contributed by atoms with Crippen LogP contribution in [0.15, 0.2) is 30.3 Å². The van der Waals surface area contributed by atoms with E-state index < -0.39 is 0 Å². The molecule has 2 heterocycles. The third-order valence-electron chi connectivity index (χ3n) is 4.03. The van der Waals surface area contributed by atoms with Crippen LogP contribution in [0.4, 0.5) is 5.69 Å². The van der Waals surface area contributed by atoms with E-state index >= 15 is 0 Å². The Bertz CT molecular complexity index is 673. The number of amides is 1. The Kier molecular flexibility index (Phi) is 3.01. The molecule has 0 saturated heterocycles. The molecule has 0 aliphatic carbocycles. The highest BCUT2D eigenvalue weighted by atomic mass is 16.3. The van der Waals surface area contributed by atoms with Gasteiger partial charge in [0.1, 0.15) is 11.4 Å². The molecule has 1 aromatic carbocycles. The molecular formula is C16H18N2O2. The van der Waals surface area contributed by atoms with E-state index in [4.69, 9.17) is 0 Å². The van der Waals surface area contributed by atoms with Gasteiger partial charge in [-0.3, -0.25) is 4.79 Å². The fourth-order valence-electron chi connectivity index (χ4n) is 2.80. The summed E-state index contributed by atoms with van der Waals surface area (Å²) in [6.07, 6.45) is 1.82. The molecule has 1 aromatic heterocycles. The number of nitrogens with zero attached hydrogens (tertiary/aromatic N) is 2. The lowest BCUT2D eigenvalue weighted by Gasteiger charge is -2.30. The summed E-state index contributed by atoms with van der Waals surface area (Å²) in [6, 6.07) is 9.22. The minimum atomic E-state index is -0.0527. The lowest BCUT2D eigenvalue weighted by molar-refractivity contribution is 0.0976. The highest BCUT2D eigenvalue weighted by Crippen LogP contribution is 2.36. The van der Waals surface area contributed by atoms with Gasteiger partial charge in [0.2, 0.25) is 0 Å². The predicted octanol–water partition coefficient (Wildman–Crippen LogP) is 2.63. The fourth-order valence-corrected chi connectivity index (χ4v) is 2.80. The van der Waals surface area contributed by atoms with Crippen molar-refractivity contribution in [2.24, 2.45) is 7.05 Å². The van der Waals surface area contributed by atoms with Gasteiger partial charge in [0, 0.05) is 19.3 Å². The number of aryl methyl sites for hydroxylation is 2. The van der Waals surface area contributed by atoms with Crippen LogP contribution in [0.1, 0.15) is 28.2 Å². The first-order valence-electron chi connectivity index (χ1n) is 6.84. The van der Waals surface area contributed by atoms with Crippen LogP contribution in [0, 0.1) is 6.92 Å². The van der Waals surface area contributed by atoms with Crippen LogP contribution in [-0.4, -0.2) is 22.1 Å². The highest BCUT2D eigenvalue weighted by Gasteiger charge is 2.27. The summed E-state index contributed by atoms with van der Waals surface area (Å²) in [5.41, 5.74) is 3.40. The van der Waals surface area contributed by atoms with Crippen molar-refractivity contribution < 1.29 is 9.90 Å². The number of carbonyl (C=O) groups excluding carboxylic acids is 1. The van der Waals surface area contributed by atoms with Crippen LogP contribution in [0.5, 0.6) is 5.75 Å². The second-order valence-electron chi connectivity index (χ2n) is 5.26. The van der Waals surface area contributed by atoms with Crippen molar-refractivity contribution in [3.63, 3.8) is 0 Å². The van der Waals surface area contributed by atoms with Gasteiger partial charge >= 0.3 is 0 Å². The Morgan fingerprint density at radius 2 is 2.05 bits per heavy atom. The number of rotatable bonds is 1. The van der Waals surface area contributed by atoms with Gasteiger partial charge in [0.05, 0.1) is 5.69 Å². The molecule has 0 saturated carbocycles. The SMILES string of the molecule is Cc1ccc(C(=O)N2CCCc3cccc(O)c32)n1C. The van der Waals surface area contributed by atoms with Crippen molar-refractivity contribution >= 4 is 11.6 Å². The molecule has 4 heteroatoms. The molecule has 1 N–H and O–H groups in total.